The molecule has 1 saturated heterocycles. The Morgan fingerprint density at radius 2 is 1.84 bits per heavy atom. The Morgan fingerprint density at radius 1 is 1.19 bits per heavy atom. The summed E-state index contributed by atoms with van der Waals surface area (Å²) in [5.41, 5.74) is 2.48. The molecular formula is C20H21F3N5O4+. The highest BCUT2D eigenvalue weighted by Gasteiger charge is 2.29. The Bertz CT molecular complexity index is 1070. The molecule has 1 amide bonds. The summed E-state index contributed by atoms with van der Waals surface area (Å²) in [5, 5.41) is 11.8. The van der Waals surface area contributed by atoms with Crippen molar-refractivity contribution in [3.63, 3.8) is 0 Å². The predicted molar refractivity (Wildman–Crippen MR) is 102 cm³/mol. The number of alkyl halides is 3. The van der Waals surface area contributed by atoms with E-state index in [4.69, 9.17) is 14.6 Å². The molecule has 1 fully saturated rings. The van der Waals surface area contributed by atoms with Crippen LogP contribution in [0.4, 0.5) is 19.1 Å². The fourth-order valence-electron chi connectivity index (χ4n) is 3.06. The zero-order chi connectivity index (χ0) is 23.1. The van der Waals surface area contributed by atoms with E-state index in [0.717, 1.165) is 30.1 Å². The van der Waals surface area contributed by atoms with Gasteiger partial charge in [0.15, 0.2) is 17.9 Å². The van der Waals surface area contributed by atoms with E-state index in [1.807, 2.05) is 53.3 Å². The summed E-state index contributed by atoms with van der Waals surface area (Å²) in [6, 6.07) is 9.75. The summed E-state index contributed by atoms with van der Waals surface area (Å²) in [6.07, 6.45) is 0.469. The summed E-state index contributed by atoms with van der Waals surface area (Å²) >= 11 is 0. The number of imidazole rings is 1. The number of hydrogen-bond donors (Lipinski definition) is 2. The number of ether oxygens (including phenoxy) is 1. The van der Waals surface area contributed by atoms with E-state index in [-0.39, 0.29) is 5.91 Å². The molecule has 0 radical (unpaired) electrons. The molecule has 0 aromatic carbocycles. The molecule has 4 rings (SSSR count). The van der Waals surface area contributed by atoms with Gasteiger partial charge in [-0.05, 0) is 17.7 Å². The van der Waals surface area contributed by atoms with Crippen LogP contribution in [0.3, 0.4) is 0 Å². The Balaban J connectivity index is 0.000000360. The second kappa shape index (κ2) is 10.1. The third-order valence-corrected chi connectivity index (χ3v) is 4.59. The van der Waals surface area contributed by atoms with Gasteiger partial charge in [0.05, 0.1) is 32.5 Å². The minimum Gasteiger partial charge on any atom is -0.542 e. The van der Waals surface area contributed by atoms with Crippen molar-refractivity contribution in [2.75, 3.05) is 31.2 Å². The van der Waals surface area contributed by atoms with Gasteiger partial charge in [-0.3, -0.25) is 9.69 Å². The van der Waals surface area contributed by atoms with Crippen LogP contribution in [0.2, 0.25) is 0 Å². The maximum atomic E-state index is 12.7. The summed E-state index contributed by atoms with van der Waals surface area (Å²) in [5.74, 6) is -2.21. The highest BCUT2D eigenvalue weighted by molar-refractivity contribution is 5.98. The van der Waals surface area contributed by atoms with Crippen LogP contribution in [-0.2, 0) is 16.1 Å². The maximum absolute atomic E-state index is 12.7. The highest BCUT2D eigenvalue weighted by atomic mass is 19.4. The molecule has 1 aliphatic heterocycles. The molecular weight excluding hydrogens is 431 g/mol. The number of pyridine rings is 2. The van der Waals surface area contributed by atoms with E-state index in [1.54, 1.807) is 0 Å². The Hall–Kier alpha value is -3.67. The van der Waals surface area contributed by atoms with Gasteiger partial charge < -0.3 is 20.0 Å². The standard InChI is InChI=1S/C18H19N5O2.C2HF3O2/c24-17(20-13-14-4-6-19-7-5-14)16-15-3-1-2-8-23(15)18(21-16)22-9-11-25-12-10-22;3-2(4,5)1(6)7/h1-8H,9-13H2,(H,20,24);(H,6,7)/p+1. The zero-order valence-electron chi connectivity index (χ0n) is 16.8. The monoisotopic (exact) mass is 452 g/mol. The van der Waals surface area contributed by atoms with E-state index >= 15 is 0 Å². The first-order valence-corrected chi connectivity index (χ1v) is 9.64. The fourth-order valence-corrected chi connectivity index (χ4v) is 3.06. The number of H-pyrrole nitrogens is 2. The van der Waals surface area contributed by atoms with Crippen molar-refractivity contribution in [2.24, 2.45) is 0 Å². The number of fused-ring (bicyclic) bond motifs is 1. The number of aromatic amines is 2. The van der Waals surface area contributed by atoms with Crippen LogP contribution >= 0.6 is 0 Å². The molecule has 170 valence electrons. The molecule has 0 aliphatic carbocycles. The van der Waals surface area contributed by atoms with Crippen LogP contribution < -0.4 is 24.7 Å². The Morgan fingerprint density at radius 3 is 2.47 bits per heavy atom. The second-order valence-electron chi connectivity index (χ2n) is 6.76. The average Bonchev–Trinajstić information content (AvgIpc) is 3.18. The number of nitrogens with zero attached hydrogens (tertiary/aromatic N) is 2. The molecule has 1 aliphatic rings. The average molecular weight is 452 g/mol. The van der Waals surface area contributed by atoms with Crippen LogP contribution in [-0.4, -0.2) is 49.3 Å². The molecule has 0 spiro atoms. The molecule has 32 heavy (non-hydrogen) atoms. The van der Waals surface area contributed by atoms with E-state index in [1.165, 1.54) is 0 Å². The number of anilines is 1. The number of carboxylic acids is 1. The van der Waals surface area contributed by atoms with Gasteiger partial charge in [0.1, 0.15) is 5.97 Å². The molecule has 4 heterocycles. The predicted octanol–water partition coefficient (Wildman–Crippen LogP) is -0.367. The fraction of sp³-hybridized carbons (Fsp3) is 0.300. The SMILES string of the molecule is O=C(NCc1cc[nH+]cc1)c1[nH]c(N2CCOCC2)[n+]2ccccc12.O=C([O-])C(F)(F)F. The van der Waals surface area contributed by atoms with E-state index in [9.17, 15) is 18.0 Å². The molecule has 12 heteroatoms. The summed E-state index contributed by atoms with van der Waals surface area (Å²) in [4.78, 5) is 30.0. The molecule has 0 unspecified atom stereocenters. The van der Waals surface area contributed by atoms with Crippen molar-refractivity contribution in [3.8, 4) is 0 Å². The number of aliphatic carboxylic acids is 1. The molecule has 0 saturated carbocycles. The van der Waals surface area contributed by atoms with Gasteiger partial charge in [-0.1, -0.05) is 6.07 Å². The number of carbonyl (C=O) groups excluding carboxylic acids is 2. The smallest absolute Gasteiger partial charge is 0.430 e. The molecule has 0 atom stereocenters. The van der Waals surface area contributed by atoms with E-state index < -0.39 is 12.1 Å². The second-order valence-corrected chi connectivity index (χ2v) is 6.76. The lowest BCUT2D eigenvalue weighted by Gasteiger charge is -2.21. The van der Waals surface area contributed by atoms with Crippen molar-refractivity contribution in [1.29, 1.82) is 0 Å². The number of rotatable bonds is 4. The number of halogens is 3. The van der Waals surface area contributed by atoms with Gasteiger partial charge in [0.25, 0.3) is 5.91 Å². The summed E-state index contributed by atoms with van der Waals surface area (Å²) in [6.45, 7) is 3.48. The molecule has 3 N–H and O–H groups in total. The van der Waals surface area contributed by atoms with Crippen LogP contribution in [0.25, 0.3) is 5.52 Å². The van der Waals surface area contributed by atoms with E-state index in [2.05, 4.69) is 20.2 Å². The van der Waals surface area contributed by atoms with Gasteiger partial charge in [-0.2, -0.15) is 13.2 Å². The largest absolute Gasteiger partial charge is 0.542 e. The zero-order valence-corrected chi connectivity index (χ0v) is 16.8. The third-order valence-electron chi connectivity index (χ3n) is 4.59. The van der Waals surface area contributed by atoms with Crippen molar-refractivity contribution in [2.45, 2.75) is 12.7 Å². The van der Waals surface area contributed by atoms with Gasteiger partial charge in [0, 0.05) is 18.7 Å². The lowest BCUT2D eigenvalue weighted by atomic mass is 10.2. The van der Waals surface area contributed by atoms with Crippen LogP contribution in [0.15, 0.2) is 48.9 Å². The number of aromatic nitrogens is 3. The molecule has 0 bridgehead atoms. The third kappa shape index (κ3) is 5.72. The van der Waals surface area contributed by atoms with Crippen LogP contribution in [0.1, 0.15) is 16.1 Å². The van der Waals surface area contributed by atoms with Crippen molar-refractivity contribution in [3.05, 3.63) is 60.2 Å². The number of hydrogen-bond acceptors (Lipinski definition) is 5. The maximum Gasteiger partial charge on any atom is 0.430 e. The van der Waals surface area contributed by atoms with Gasteiger partial charge in [0.2, 0.25) is 5.69 Å². The number of amides is 1. The topological polar surface area (TPSA) is 116 Å². The minimum absolute atomic E-state index is 0.115. The Labute approximate surface area is 180 Å². The lowest BCUT2D eigenvalue weighted by Crippen LogP contribution is -2.41. The van der Waals surface area contributed by atoms with Crippen molar-refractivity contribution >= 4 is 23.3 Å². The number of morpholine rings is 1. The Kier molecular flexibility index (Phi) is 7.25. The quantitative estimate of drug-likeness (QED) is 0.525. The molecule has 9 nitrogen and oxygen atoms in total. The number of carbonyl (C=O) groups is 2. The summed E-state index contributed by atoms with van der Waals surface area (Å²) < 4.78 is 39.0. The van der Waals surface area contributed by atoms with Crippen LogP contribution in [0, 0.1) is 0 Å². The van der Waals surface area contributed by atoms with Crippen molar-refractivity contribution < 1.29 is 42.0 Å². The molecule has 3 aromatic heterocycles. The molecule has 3 aromatic rings. The first-order chi connectivity index (χ1) is 15.3. The lowest BCUT2D eigenvalue weighted by molar-refractivity contribution is -0.497. The van der Waals surface area contributed by atoms with Crippen molar-refractivity contribution in [1.82, 2.24) is 10.3 Å². The summed E-state index contributed by atoms with van der Waals surface area (Å²) in [7, 11) is 0. The normalized spacial score (nSPS) is 13.9. The van der Waals surface area contributed by atoms with E-state index in [0.29, 0.717) is 25.5 Å². The van der Waals surface area contributed by atoms with Gasteiger partial charge >= 0.3 is 12.1 Å². The van der Waals surface area contributed by atoms with Gasteiger partial charge in [-0.15, -0.1) is 0 Å². The first kappa shape index (κ1) is 23.0. The first-order valence-electron chi connectivity index (χ1n) is 9.64. The highest BCUT2D eigenvalue weighted by Crippen LogP contribution is 2.15. The van der Waals surface area contributed by atoms with Crippen LogP contribution in [0.5, 0.6) is 0 Å². The minimum atomic E-state index is -5.19. The number of carboxylic acid groups (broad SMARTS) is 1. The van der Waals surface area contributed by atoms with Gasteiger partial charge in [-0.25, -0.2) is 14.4 Å². The number of nitrogens with one attached hydrogen (secondary N) is 3.